The van der Waals surface area contributed by atoms with Crippen molar-refractivity contribution in [3.8, 4) is 0 Å². The van der Waals surface area contributed by atoms with Gasteiger partial charge in [0.1, 0.15) is 0 Å². The van der Waals surface area contributed by atoms with E-state index in [0.717, 1.165) is 18.4 Å². The van der Waals surface area contributed by atoms with Gasteiger partial charge in [0.2, 0.25) is 0 Å². The van der Waals surface area contributed by atoms with Crippen molar-refractivity contribution < 1.29 is 0 Å². The van der Waals surface area contributed by atoms with Gasteiger partial charge in [0.15, 0.2) is 0 Å². The van der Waals surface area contributed by atoms with Gasteiger partial charge in [-0.05, 0) is 31.2 Å². The molecule has 0 aromatic rings. The summed E-state index contributed by atoms with van der Waals surface area (Å²) in [6.45, 7) is 3.25. The SMILES string of the molecule is CC1CCC(CN)CC1.Cl. The molecule has 0 bridgehead atoms. The molecule has 0 heterocycles. The quantitative estimate of drug-likeness (QED) is 0.630. The molecule has 0 aliphatic heterocycles. The molecule has 0 unspecified atom stereocenters. The van der Waals surface area contributed by atoms with Crippen LogP contribution in [0.5, 0.6) is 0 Å². The van der Waals surface area contributed by atoms with Crippen molar-refractivity contribution in [2.24, 2.45) is 17.6 Å². The first-order chi connectivity index (χ1) is 4.33. The third-order valence-electron chi connectivity index (χ3n) is 2.47. The van der Waals surface area contributed by atoms with Gasteiger partial charge in [0, 0.05) is 0 Å². The van der Waals surface area contributed by atoms with Crippen LogP contribution in [-0.4, -0.2) is 6.54 Å². The van der Waals surface area contributed by atoms with Crippen LogP contribution in [0.2, 0.25) is 0 Å². The molecule has 0 atom stereocenters. The Balaban J connectivity index is 0.000000810. The van der Waals surface area contributed by atoms with E-state index in [4.69, 9.17) is 5.73 Å². The summed E-state index contributed by atoms with van der Waals surface area (Å²) in [4.78, 5) is 0. The Hall–Kier alpha value is 0.250. The van der Waals surface area contributed by atoms with Crippen LogP contribution >= 0.6 is 12.4 Å². The Bertz CT molecular complexity index is 77.3. The van der Waals surface area contributed by atoms with Crippen molar-refractivity contribution in [3.63, 3.8) is 0 Å². The van der Waals surface area contributed by atoms with Gasteiger partial charge in [-0.15, -0.1) is 12.4 Å². The van der Waals surface area contributed by atoms with E-state index in [1.54, 1.807) is 0 Å². The fourth-order valence-corrected chi connectivity index (χ4v) is 1.56. The average molecular weight is 164 g/mol. The number of rotatable bonds is 1. The maximum Gasteiger partial charge on any atom is -0.00489 e. The van der Waals surface area contributed by atoms with E-state index < -0.39 is 0 Å². The summed E-state index contributed by atoms with van der Waals surface area (Å²) in [5.74, 6) is 1.81. The van der Waals surface area contributed by atoms with Crippen LogP contribution in [0.1, 0.15) is 32.6 Å². The Morgan fingerprint density at radius 1 is 1.20 bits per heavy atom. The second-order valence-electron chi connectivity index (χ2n) is 3.36. The molecule has 2 N–H and O–H groups in total. The van der Waals surface area contributed by atoms with E-state index in [-0.39, 0.29) is 12.4 Å². The first kappa shape index (κ1) is 10.2. The molecule has 0 amide bonds. The predicted molar refractivity (Wildman–Crippen MR) is 47.4 cm³/mol. The predicted octanol–water partition coefficient (Wildman–Crippen LogP) is 2.19. The lowest BCUT2D eigenvalue weighted by atomic mass is 9.83. The zero-order valence-electron chi connectivity index (χ0n) is 6.68. The molecule has 0 spiro atoms. The third kappa shape index (κ3) is 2.89. The van der Waals surface area contributed by atoms with Gasteiger partial charge in [0.05, 0.1) is 0 Å². The van der Waals surface area contributed by atoms with Crippen LogP contribution in [0.25, 0.3) is 0 Å². The molecule has 1 nitrogen and oxygen atoms in total. The highest BCUT2D eigenvalue weighted by molar-refractivity contribution is 5.85. The van der Waals surface area contributed by atoms with Gasteiger partial charge in [0.25, 0.3) is 0 Å². The summed E-state index contributed by atoms with van der Waals surface area (Å²) in [6.07, 6.45) is 5.55. The topological polar surface area (TPSA) is 26.0 Å². The average Bonchev–Trinajstić information content (AvgIpc) is 1.90. The van der Waals surface area contributed by atoms with E-state index in [0.29, 0.717) is 0 Å². The van der Waals surface area contributed by atoms with Crippen LogP contribution < -0.4 is 5.73 Å². The highest BCUT2D eigenvalue weighted by atomic mass is 35.5. The lowest BCUT2D eigenvalue weighted by Gasteiger charge is -2.24. The number of hydrogen-bond acceptors (Lipinski definition) is 1. The molecule has 0 aromatic heterocycles. The highest BCUT2D eigenvalue weighted by Crippen LogP contribution is 2.26. The Morgan fingerprint density at radius 3 is 2.10 bits per heavy atom. The fraction of sp³-hybridized carbons (Fsp3) is 1.00. The standard InChI is InChI=1S/C8H17N.ClH/c1-7-2-4-8(6-9)5-3-7;/h7-8H,2-6,9H2,1H3;1H. The minimum atomic E-state index is 0. The smallest absolute Gasteiger partial charge is 0.00489 e. The van der Waals surface area contributed by atoms with Crippen LogP contribution in [0.15, 0.2) is 0 Å². The first-order valence-corrected chi connectivity index (χ1v) is 4.03. The van der Waals surface area contributed by atoms with Crippen molar-refractivity contribution in [1.82, 2.24) is 0 Å². The maximum atomic E-state index is 5.55. The molecule has 0 radical (unpaired) electrons. The molecule has 2 heteroatoms. The van der Waals surface area contributed by atoms with Crippen molar-refractivity contribution >= 4 is 12.4 Å². The van der Waals surface area contributed by atoms with Gasteiger partial charge in [-0.25, -0.2) is 0 Å². The van der Waals surface area contributed by atoms with Crippen LogP contribution in [0.3, 0.4) is 0 Å². The van der Waals surface area contributed by atoms with Gasteiger partial charge in [-0.1, -0.05) is 19.8 Å². The van der Waals surface area contributed by atoms with E-state index >= 15 is 0 Å². The molecule has 0 aromatic carbocycles. The van der Waals surface area contributed by atoms with Crippen LogP contribution in [0, 0.1) is 11.8 Å². The third-order valence-corrected chi connectivity index (χ3v) is 2.47. The fourth-order valence-electron chi connectivity index (χ4n) is 1.56. The largest absolute Gasteiger partial charge is 0.330 e. The van der Waals surface area contributed by atoms with Gasteiger partial charge in [-0.2, -0.15) is 0 Å². The Labute approximate surface area is 69.8 Å². The molecule has 1 saturated carbocycles. The van der Waals surface area contributed by atoms with Crippen molar-refractivity contribution in [3.05, 3.63) is 0 Å². The van der Waals surface area contributed by atoms with Crippen LogP contribution in [-0.2, 0) is 0 Å². The van der Waals surface area contributed by atoms with Crippen molar-refractivity contribution in [2.45, 2.75) is 32.6 Å². The normalized spacial score (nSPS) is 33.0. The monoisotopic (exact) mass is 163 g/mol. The van der Waals surface area contributed by atoms with Gasteiger partial charge >= 0.3 is 0 Å². The molecule has 1 fully saturated rings. The van der Waals surface area contributed by atoms with Gasteiger partial charge in [-0.3, -0.25) is 0 Å². The highest BCUT2D eigenvalue weighted by Gasteiger charge is 2.15. The zero-order valence-corrected chi connectivity index (χ0v) is 7.49. The number of halogens is 1. The molecular formula is C8H18ClN. The lowest BCUT2D eigenvalue weighted by molar-refractivity contribution is 0.296. The van der Waals surface area contributed by atoms with Gasteiger partial charge < -0.3 is 5.73 Å². The summed E-state index contributed by atoms with van der Waals surface area (Å²) in [7, 11) is 0. The number of hydrogen-bond donors (Lipinski definition) is 1. The maximum absolute atomic E-state index is 5.55. The lowest BCUT2D eigenvalue weighted by Crippen LogP contribution is -2.20. The van der Waals surface area contributed by atoms with Crippen molar-refractivity contribution in [2.75, 3.05) is 6.54 Å². The molecule has 0 saturated heterocycles. The van der Waals surface area contributed by atoms with E-state index in [2.05, 4.69) is 6.92 Å². The van der Waals surface area contributed by atoms with E-state index in [1.807, 2.05) is 0 Å². The summed E-state index contributed by atoms with van der Waals surface area (Å²) < 4.78 is 0. The summed E-state index contributed by atoms with van der Waals surface area (Å²) >= 11 is 0. The summed E-state index contributed by atoms with van der Waals surface area (Å²) in [5, 5.41) is 0. The van der Waals surface area contributed by atoms with Crippen LogP contribution in [0.4, 0.5) is 0 Å². The summed E-state index contributed by atoms with van der Waals surface area (Å²) in [5.41, 5.74) is 5.55. The molecular weight excluding hydrogens is 146 g/mol. The summed E-state index contributed by atoms with van der Waals surface area (Å²) in [6, 6.07) is 0. The van der Waals surface area contributed by atoms with Crippen molar-refractivity contribution in [1.29, 1.82) is 0 Å². The Kier molecular flexibility index (Phi) is 5.10. The molecule has 1 aliphatic carbocycles. The second kappa shape index (κ2) is 4.97. The van der Waals surface area contributed by atoms with E-state index in [9.17, 15) is 0 Å². The molecule has 10 heavy (non-hydrogen) atoms. The molecule has 62 valence electrons. The minimum absolute atomic E-state index is 0. The van der Waals surface area contributed by atoms with E-state index in [1.165, 1.54) is 25.7 Å². The molecule has 1 aliphatic rings. The second-order valence-corrected chi connectivity index (χ2v) is 3.36. The molecule has 1 rings (SSSR count). The number of nitrogens with two attached hydrogens (primary N) is 1. The minimum Gasteiger partial charge on any atom is -0.330 e. The Morgan fingerprint density at radius 2 is 1.70 bits per heavy atom. The first-order valence-electron chi connectivity index (χ1n) is 4.03. The zero-order chi connectivity index (χ0) is 6.69.